The van der Waals surface area contributed by atoms with Crippen molar-refractivity contribution in [3.63, 3.8) is 0 Å². The van der Waals surface area contributed by atoms with Crippen molar-refractivity contribution >= 4 is 0 Å². The van der Waals surface area contributed by atoms with Crippen LogP contribution in [0, 0.1) is 6.92 Å². The highest BCUT2D eigenvalue weighted by molar-refractivity contribution is 5.35. The number of nitrogens with one attached hydrogen (secondary N) is 1. The average molecular weight is 283 g/mol. The SMILES string of the molecule is CCCNC(c1cccc(C2CCC2)c1)c1occc1C. The Kier molecular flexibility index (Phi) is 4.45. The second-order valence-electron chi connectivity index (χ2n) is 6.15. The monoisotopic (exact) mass is 283 g/mol. The van der Waals surface area contributed by atoms with Gasteiger partial charge in [-0.15, -0.1) is 0 Å². The van der Waals surface area contributed by atoms with Crippen molar-refractivity contribution in [1.82, 2.24) is 5.32 Å². The van der Waals surface area contributed by atoms with Crippen molar-refractivity contribution in [3.05, 3.63) is 59.0 Å². The predicted octanol–water partition coefficient (Wildman–Crippen LogP) is 4.94. The van der Waals surface area contributed by atoms with Gasteiger partial charge < -0.3 is 9.73 Å². The summed E-state index contributed by atoms with van der Waals surface area (Å²) < 4.78 is 5.76. The number of rotatable bonds is 6. The van der Waals surface area contributed by atoms with E-state index >= 15 is 0 Å². The topological polar surface area (TPSA) is 25.2 Å². The standard InChI is InChI=1S/C19H25NO/c1-3-11-20-18(19-14(2)10-12-21-19)17-9-5-8-16(13-17)15-6-4-7-15/h5,8-10,12-13,15,18,20H,3-4,6-7,11H2,1-2H3. The Morgan fingerprint density at radius 2 is 2.14 bits per heavy atom. The summed E-state index contributed by atoms with van der Waals surface area (Å²) in [6.45, 7) is 5.32. The van der Waals surface area contributed by atoms with Crippen LogP contribution in [-0.4, -0.2) is 6.54 Å². The van der Waals surface area contributed by atoms with E-state index in [0.717, 1.165) is 24.6 Å². The molecule has 21 heavy (non-hydrogen) atoms. The molecule has 0 amide bonds. The van der Waals surface area contributed by atoms with Crippen LogP contribution in [0.25, 0.3) is 0 Å². The minimum atomic E-state index is 0.167. The van der Waals surface area contributed by atoms with Crippen molar-refractivity contribution in [1.29, 1.82) is 0 Å². The first-order chi connectivity index (χ1) is 10.3. The molecule has 2 heteroatoms. The minimum Gasteiger partial charge on any atom is -0.467 e. The van der Waals surface area contributed by atoms with Gasteiger partial charge in [0.25, 0.3) is 0 Å². The molecule has 1 atom stereocenters. The highest BCUT2D eigenvalue weighted by Crippen LogP contribution is 2.37. The molecule has 1 heterocycles. The van der Waals surface area contributed by atoms with E-state index in [1.54, 1.807) is 6.26 Å². The molecule has 0 bridgehead atoms. The van der Waals surface area contributed by atoms with Crippen molar-refractivity contribution in [2.45, 2.75) is 51.5 Å². The third kappa shape index (κ3) is 3.06. The first-order valence-corrected chi connectivity index (χ1v) is 8.17. The van der Waals surface area contributed by atoms with Crippen LogP contribution in [0.4, 0.5) is 0 Å². The maximum Gasteiger partial charge on any atom is 0.128 e. The Bertz CT molecular complexity index is 583. The van der Waals surface area contributed by atoms with Gasteiger partial charge in [0.15, 0.2) is 0 Å². The zero-order chi connectivity index (χ0) is 14.7. The molecular formula is C19H25NO. The second-order valence-corrected chi connectivity index (χ2v) is 6.15. The summed E-state index contributed by atoms with van der Waals surface area (Å²) in [7, 11) is 0. The van der Waals surface area contributed by atoms with Gasteiger partial charge in [0.2, 0.25) is 0 Å². The van der Waals surface area contributed by atoms with Crippen LogP contribution in [0.15, 0.2) is 41.0 Å². The van der Waals surface area contributed by atoms with Gasteiger partial charge in [-0.3, -0.25) is 0 Å². The van der Waals surface area contributed by atoms with Crippen LogP contribution >= 0.6 is 0 Å². The van der Waals surface area contributed by atoms with Gasteiger partial charge >= 0.3 is 0 Å². The maximum absolute atomic E-state index is 5.76. The lowest BCUT2D eigenvalue weighted by molar-refractivity contribution is 0.417. The molecule has 1 aliphatic rings. The van der Waals surface area contributed by atoms with E-state index in [2.05, 4.69) is 43.4 Å². The minimum absolute atomic E-state index is 0.167. The molecule has 112 valence electrons. The van der Waals surface area contributed by atoms with Gasteiger partial charge in [-0.05, 0) is 61.4 Å². The quantitative estimate of drug-likeness (QED) is 0.812. The summed E-state index contributed by atoms with van der Waals surface area (Å²) in [5.41, 5.74) is 4.04. The Morgan fingerprint density at radius 3 is 2.76 bits per heavy atom. The van der Waals surface area contributed by atoms with Crippen LogP contribution in [0.2, 0.25) is 0 Å². The zero-order valence-electron chi connectivity index (χ0n) is 13.1. The second kappa shape index (κ2) is 6.48. The number of hydrogen-bond donors (Lipinski definition) is 1. The molecule has 1 aromatic heterocycles. The normalized spacial score (nSPS) is 16.7. The first kappa shape index (κ1) is 14.4. The van der Waals surface area contributed by atoms with Gasteiger partial charge in [-0.2, -0.15) is 0 Å². The van der Waals surface area contributed by atoms with E-state index in [9.17, 15) is 0 Å². The van der Waals surface area contributed by atoms with Gasteiger partial charge in [-0.25, -0.2) is 0 Å². The lowest BCUT2D eigenvalue weighted by Gasteiger charge is -2.27. The molecule has 0 aliphatic heterocycles. The summed E-state index contributed by atoms with van der Waals surface area (Å²) in [6, 6.07) is 11.3. The van der Waals surface area contributed by atoms with Crippen LogP contribution < -0.4 is 5.32 Å². The molecular weight excluding hydrogens is 258 g/mol. The van der Waals surface area contributed by atoms with Crippen molar-refractivity contribution in [2.24, 2.45) is 0 Å². The fourth-order valence-corrected chi connectivity index (χ4v) is 3.06. The predicted molar refractivity (Wildman–Crippen MR) is 86.6 cm³/mol. The molecule has 0 radical (unpaired) electrons. The summed E-state index contributed by atoms with van der Waals surface area (Å²) >= 11 is 0. The zero-order valence-corrected chi connectivity index (χ0v) is 13.1. The van der Waals surface area contributed by atoms with Crippen molar-refractivity contribution in [3.8, 4) is 0 Å². The number of aryl methyl sites for hydroxylation is 1. The molecule has 1 N–H and O–H groups in total. The molecule has 2 nitrogen and oxygen atoms in total. The molecule has 1 aromatic carbocycles. The molecule has 1 saturated carbocycles. The lowest BCUT2D eigenvalue weighted by Crippen LogP contribution is -2.23. The van der Waals surface area contributed by atoms with Crippen LogP contribution in [0.5, 0.6) is 0 Å². The third-order valence-corrected chi connectivity index (χ3v) is 4.58. The number of furan rings is 1. The van der Waals surface area contributed by atoms with E-state index in [1.165, 1.54) is 36.0 Å². The molecule has 2 aromatic rings. The van der Waals surface area contributed by atoms with Crippen LogP contribution in [0.1, 0.15) is 67.0 Å². The molecule has 0 spiro atoms. The van der Waals surface area contributed by atoms with E-state index in [0.29, 0.717) is 0 Å². The largest absolute Gasteiger partial charge is 0.467 e. The lowest BCUT2D eigenvalue weighted by atomic mass is 9.79. The summed E-state index contributed by atoms with van der Waals surface area (Å²) in [4.78, 5) is 0. The van der Waals surface area contributed by atoms with Gasteiger partial charge in [0.1, 0.15) is 5.76 Å². The Labute approximate surface area is 127 Å². The average Bonchev–Trinajstić information content (AvgIpc) is 2.84. The Balaban J connectivity index is 1.90. The van der Waals surface area contributed by atoms with E-state index < -0.39 is 0 Å². The molecule has 3 rings (SSSR count). The Morgan fingerprint density at radius 1 is 1.29 bits per heavy atom. The van der Waals surface area contributed by atoms with Crippen LogP contribution in [-0.2, 0) is 0 Å². The van der Waals surface area contributed by atoms with Gasteiger partial charge in [0, 0.05) is 0 Å². The van der Waals surface area contributed by atoms with E-state index in [-0.39, 0.29) is 6.04 Å². The summed E-state index contributed by atoms with van der Waals surface area (Å²) in [6.07, 6.45) is 6.98. The van der Waals surface area contributed by atoms with E-state index in [4.69, 9.17) is 4.42 Å². The van der Waals surface area contributed by atoms with Crippen LogP contribution in [0.3, 0.4) is 0 Å². The number of benzene rings is 1. The van der Waals surface area contributed by atoms with Gasteiger partial charge in [0.05, 0.1) is 12.3 Å². The summed E-state index contributed by atoms with van der Waals surface area (Å²) in [5, 5.41) is 3.64. The maximum atomic E-state index is 5.76. The fourth-order valence-electron chi connectivity index (χ4n) is 3.06. The van der Waals surface area contributed by atoms with Gasteiger partial charge in [-0.1, -0.05) is 37.6 Å². The van der Waals surface area contributed by atoms with E-state index in [1.807, 2.05) is 6.07 Å². The van der Waals surface area contributed by atoms with Crippen molar-refractivity contribution in [2.75, 3.05) is 6.54 Å². The molecule has 0 saturated heterocycles. The highest BCUT2D eigenvalue weighted by Gasteiger charge is 2.23. The Hall–Kier alpha value is -1.54. The summed E-state index contributed by atoms with van der Waals surface area (Å²) in [5.74, 6) is 1.82. The molecule has 1 unspecified atom stereocenters. The smallest absolute Gasteiger partial charge is 0.128 e. The van der Waals surface area contributed by atoms with Crippen molar-refractivity contribution < 1.29 is 4.42 Å². The number of hydrogen-bond acceptors (Lipinski definition) is 2. The molecule has 1 aliphatic carbocycles. The highest BCUT2D eigenvalue weighted by atomic mass is 16.3. The third-order valence-electron chi connectivity index (χ3n) is 4.58. The molecule has 1 fully saturated rings. The first-order valence-electron chi connectivity index (χ1n) is 8.17. The fraction of sp³-hybridized carbons (Fsp3) is 0.474.